The highest BCUT2D eigenvalue weighted by Crippen LogP contribution is 2.41. The Bertz CT molecular complexity index is 1860. The Balaban J connectivity index is 1.56. The molecule has 5 rings (SSSR count). The van der Waals surface area contributed by atoms with Gasteiger partial charge in [-0.2, -0.15) is 5.10 Å². The number of likely N-dealkylation sites (N-methyl/N-ethyl adjacent to an activating group) is 1. The van der Waals surface area contributed by atoms with Gasteiger partial charge in [-0.15, -0.1) is 0 Å². The molecular weight excluding hydrogens is 556 g/mol. The van der Waals surface area contributed by atoms with E-state index in [9.17, 15) is 9.59 Å². The Kier molecular flexibility index (Phi) is 7.64. The van der Waals surface area contributed by atoms with Crippen LogP contribution in [0, 0.1) is 0 Å². The van der Waals surface area contributed by atoms with Gasteiger partial charge in [0.2, 0.25) is 11.7 Å². The largest absolute Gasteiger partial charge is 0.493 e. The molecule has 0 aliphatic rings. The first kappa shape index (κ1) is 29.0. The first-order valence-corrected chi connectivity index (χ1v) is 13.7. The van der Waals surface area contributed by atoms with Crippen LogP contribution in [0.25, 0.3) is 27.5 Å². The summed E-state index contributed by atoms with van der Waals surface area (Å²) in [5.74, 6) is 1.18. The molecule has 5 aromatic rings. The summed E-state index contributed by atoms with van der Waals surface area (Å²) in [5, 5.41) is 6.42. The number of ether oxygens (including phenoxy) is 3. The van der Waals surface area contributed by atoms with Crippen LogP contribution in [0.15, 0.2) is 65.6 Å². The van der Waals surface area contributed by atoms with Crippen molar-refractivity contribution in [3.63, 3.8) is 0 Å². The van der Waals surface area contributed by atoms with Crippen LogP contribution >= 0.6 is 11.6 Å². The predicted molar refractivity (Wildman–Crippen MR) is 166 cm³/mol. The van der Waals surface area contributed by atoms with Crippen LogP contribution in [0.1, 0.15) is 26.3 Å². The zero-order valence-corrected chi connectivity index (χ0v) is 25.4. The fourth-order valence-corrected chi connectivity index (χ4v) is 5.24. The molecule has 0 radical (unpaired) electrons. The number of hydrogen-bond donors (Lipinski definition) is 0. The van der Waals surface area contributed by atoms with Gasteiger partial charge in [-0.25, -0.2) is 0 Å². The van der Waals surface area contributed by atoms with E-state index in [1.807, 2.05) is 57.2 Å². The van der Waals surface area contributed by atoms with Gasteiger partial charge in [0.15, 0.2) is 11.5 Å². The standard InChI is InChI=1S/C32H33ClN4O5/c1-32(2,3)36-18-22-29(34-36)28-23(33)12-9-13-24(28)37(31(22)39)20-11-8-10-19(14-20)15-27(38)35(4)21-16-25(40-5)30(42-7)26(17-21)41-6/h8-14,16-18H,15H2,1-7H3. The van der Waals surface area contributed by atoms with Crippen molar-refractivity contribution in [2.45, 2.75) is 32.7 Å². The lowest BCUT2D eigenvalue weighted by molar-refractivity contribution is -0.117. The third kappa shape index (κ3) is 5.05. The molecule has 42 heavy (non-hydrogen) atoms. The van der Waals surface area contributed by atoms with Crippen molar-refractivity contribution in [2.75, 3.05) is 33.3 Å². The summed E-state index contributed by atoms with van der Waals surface area (Å²) in [6.45, 7) is 6.07. The predicted octanol–water partition coefficient (Wildman–Crippen LogP) is 5.98. The number of carbonyl (C=O) groups excluding carboxylic acids is 1. The molecule has 3 aromatic carbocycles. The maximum Gasteiger partial charge on any atom is 0.266 e. The Labute approximate surface area is 248 Å². The summed E-state index contributed by atoms with van der Waals surface area (Å²) in [6, 6.07) is 16.3. The van der Waals surface area contributed by atoms with Gasteiger partial charge in [0.05, 0.1) is 54.9 Å². The maximum atomic E-state index is 14.0. The molecule has 1 amide bonds. The number of pyridine rings is 1. The molecule has 0 fully saturated rings. The molecule has 0 saturated carbocycles. The lowest BCUT2D eigenvalue weighted by atomic mass is 10.1. The number of benzene rings is 3. The maximum absolute atomic E-state index is 14.0. The van der Waals surface area contributed by atoms with E-state index < -0.39 is 0 Å². The van der Waals surface area contributed by atoms with Crippen LogP contribution < -0.4 is 24.7 Å². The molecule has 0 unspecified atom stereocenters. The summed E-state index contributed by atoms with van der Waals surface area (Å²) >= 11 is 6.69. The van der Waals surface area contributed by atoms with Crippen molar-refractivity contribution in [1.82, 2.24) is 14.3 Å². The Morgan fingerprint density at radius 3 is 2.26 bits per heavy atom. The van der Waals surface area contributed by atoms with Crippen LogP contribution in [0.2, 0.25) is 5.02 Å². The number of rotatable bonds is 7. The first-order valence-electron chi connectivity index (χ1n) is 13.4. The summed E-state index contributed by atoms with van der Waals surface area (Å²) in [5.41, 5.74) is 2.61. The smallest absolute Gasteiger partial charge is 0.266 e. The number of halogens is 1. The number of anilines is 1. The van der Waals surface area contributed by atoms with Gasteiger partial charge in [-0.3, -0.25) is 18.8 Å². The minimum Gasteiger partial charge on any atom is -0.493 e. The van der Waals surface area contributed by atoms with E-state index in [0.29, 0.717) is 55.5 Å². The van der Waals surface area contributed by atoms with E-state index in [1.54, 1.807) is 40.7 Å². The molecule has 0 aliphatic heterocycles. The van der Waals surface area contributed by atoms with E-state index in [2.05, 4.69) is 0 Å². The third-order valence-corrected chi connectivity index (χ3v) is 7.55. The average Bonchev–Trinajstić information content (AvgIpc) is 3.43. The van der Waals surface area contributed by atoms with E-state index in [0.717, 1.165) is 5.56 Å². The second-order valence-corrected chi connectivity index (χ2v) is 11.4. The van der Waals surface area contributed by atoms with E-state index in [-0.39, 0.29) is 23.4 Å². The van der Waals surface area contributed by atoms with Gasteiger partial charge in [0, 0.05) is 36.5 Å². The van der Waals surface area contributed by atoms with Gasteiger partial charge in [0.1, 0.15) is 5.52 Å². The van der Waals surface area contributed by atoms with Crippen molar-refractivity contribution in [3.05, 3.63) is 81.7 Å². The van der Waals surface area contributed by atoms with E-state index in [1.165, 1.54) is 26.2 Å². The zero-order valence-electron chi connectivity index (χ0n) is 24.7. The highest BCUT2D eigenvalue weighted by atomic mass is 35.5. The second-order valence-electron chi connectivity index (χ2n) is 11.0. The highest BCUT2D eigenvalue weighted by molar-refractivity contribution is 6.37. The molecule has 2 aromatic heterocycles. The molecule has 2 heterocycles. The summed E-state index contributed by atoms with van der Waals surface area (Å²) in [7, 11) is 6.27. The molecule has 0 bridgehead atoms. The number of fused-ring (bicyclic) bond motifs is 3. The van der Waals surface area contributed by atoms with Gasteiger partial charge in [0.25, 0.3) is 5.56 Å². The quantitative estimate of drug-likeness (QED) is 0.232. The molecule has 9 nitrogen and oxygen atoms in total. The van der Waals surface area contributed by atoms with Crippen LogP contribution in [0.5, 0.6) is 17.2 Å². The van der Waals surface area contributed by atoms with Crippen LogP contribution in [0.4, 0.5) is 5.69 Å². The first-order chi connectivity index (χ1) is 20.0. The van der Waals surface area contributed by atoms with E-state index >= 15 is 0 Å². The molecule has 0 saturated heterocycles. The lowest BCUT2D eigenvalue weighted by Gasteiger charge is -2.21. The van der Waals surface area contributed by atoms with Crippen molar-refractivity contribution in [1.29, 1.82) is 0 Å². The van der Waals surface area contributed by atoms with Crippen molar-refractivity contribution < 1.29 is 19.0 Å². The Morgan fingerprint density at radius 1 is 0.976 bits per heavy atom. The molecule has 10 heteroatoms. The van der Waals surface area contributed by atoms with Crippen molar-refractivity contribution >= 4 is 45.0 Å². The summed E-state index contributed by atoms with van der Waals surface area (Å²) in [6.07, 6.45) is 1.87. The second kappa shape index (κ2) is 11.1. The Morgan fingerprint density at radius 2 is 1.64 bits per heavy atom. The van der Waals surface area contributed by atoms with Crippen molar-refractivity contribution in [3.8, 4) is 22.9 Å². The number of hydrogen-bond acceptors (Lipinski definition) is 6. The highest BCUT2D eigenvalue weighted by Gasteiger charge is 2.22. The van der Waals surface area contributed by atoms with Crippen LogP contribution in [-0.4, -0.2) is 48.6 Å². The minimum absolute atomic E-state index is 0.0959. The number of carbonyl (C=O) groups is 1. The molecule has 218 valence electrons. The topological polar surface area (TPSA) is 87.8 Å². The van der Waals surface area contributed by atoms with Gasteiger partial charge in [-0.1, -0.05) is 29.8 Å². The third-order valence-electron chi connectivity index (χ3n) is 7.24. The lowest BCUT2D eigenvalue weighted by Crippen LogP contribution is -2.28. The number of nitrogens with zero attached hydrogens (tertiary/aromatic N) is 4. The van der Waals surface area contributed by atoms with Crippen LogP contribution in [0.3, 0.4) is 0 Å². The Hall–Kier alpha value is -4.50. The van der Waals surface area contributed by atoms with Gasteiger partial charge < -0.3 is 19.1 Å². The summed E-state index contributed by atoms with van der Waals surface area (Å²) in [4.78, 5) is 28.9. The SMILES string of the molecule is COc1cc(N(C)C(=O)Cc2cccc(-n3c(=O)c4cn(C(C)(C)C)nc4c4c(Cl)cccc43)c2)cc(OC)c1OC. The fraction of sp³-hybridized carbons (Fsp3) is 0.281. The average molecular weight is 589 g/mol. The molecule has 0 aliphatic carbocycles. The van der Waals surface area contributed by atoms with Gasteiger partial charge >= 0.3 is 0 Å². The molecule has 0 N–H and O–H groups in total. The number of methoxy groups -OCH3 is 3. The molecule has 0 spiro atoms. The summed E-state index contributed by atoms with van der Waals surface area (Å²) < 4.78 is 19.7. The number of aromatic nitrogens is 3. The van der Waals surface area contributed by atoms with Crippen molar-refractivity contribution in [2.24, 2.45) is 0 Å². The number of amides is 1. The van der Waals surface area contributed by atoms with E-state index in [4.69, 9.17) is 30.9 Å². The van der Waals surface area contributed by atoms with Crippen LogP contribution in [-0.2, 0) is 16.8 Å². The molecule has 0 atom stereocenters. The monoisotopic (exact) mass is 588 g/mol. The fourth-order valence-electron chi connectivity index (χ4n) is 4.98. The zero-order chi connectivity index (χ0) is 30.3. The van der Waals surface area contributed by atoms with Gasteiger partial charge in [-0.05, 0) is 50.6 Å². The minimum atomic E-state index is -0.325. The molecular formula is C32H33ClN4O5. The normalized spacial score (nSPS) is 11.6.